The van der Waals surface area contributed by atoms with Crippen molar-refractivity contribution in [2.75, 3.05) is 7.05 Å². The van der Waals surface area contributed by atoms with Gasteiger partial charge in [-0.15, -0.1) is 0 Å². The van der Waals surface area contributed by atoms with E-state index < -0.39 is 0 Å². The van der Waals surface area contributed by atoms with Crippen LogP contribution in [0.4, 0.5) is 0 Å². The van der Waals surface area contributed by atoms with Gasteiger partial charge in [-0.2, -0.15) is 0 Å². The second-order valence-electron chi connectivity index (χ2n) is 4.59. The predicted octanol–water partition coefficient (Wildman–Crippen LogP) is 2.98. The fourth-order valence-corrected chi connectivity index (χ4v) is 1.94. The first kappa shape index (κ1) is 12.7. The van der Waals surface area contributed by atoms with Gasteiger partial charge in [-0.1, -0.05) is 12.1 Å². The fraction of sp³-hybridized carbons (Fsp3) is 0.333. The second kappa shape index (κ2) is 5.74. The summed E-state index contributed by atoms with van der Waals surface area (Å²) in [6, 6.07) is 10.5. The highest BCUT2D eigenvalue weighted by Gasteiger charge is 2.13. The van der Waals surface area contributed by atoms with Gasteiger partial charge in [0.25, 0.3) is 0 Å². The molecule has 0 N–H and O–H groups in total. The first-order valence-electron chi connectivity index (χ1n) is 6.20. The van der Waals surface area contributed by atoms with Crippen molar-refractivity contribution in [1.29, 1.82) is 0 Å². The summed E-state index contributed by atoms with van der Waals surface area (Å²) >= 11 is 0. The highest BCUT2D eigenvalue weighted by molar-refractivity contribution is 5.18. The number of aromatic nitrogens is 2. The number of rotatable bonds is 4. The molecule has 2 rings (SSSR count). The summed E-state index contributed by atoms with van der Waals surface area (Å²) in [4.78, 5) is 11.0. The van der Waals surface area contributed by atoms with Crippen LogP contribution in [0.2, 0.25) is 0 Å². The van der Waals surface area contributed by atoms with E-state index in [-0.39, 0.29) is 0 Å². The SMILES string of the molecule is Cc1ncccc1CN(C)[C@@H](C)c1ccccn1. The highest BCUT2D eigenvalue weighted by Crippen LogP contribution is 2.19. The summed E-state index contributed by atoms with van der Waals surface area (Å²) in [7, 11) is 2.12. The molecule has 0 fully saturated rings. The quantitative estimate of drug-likeness (QED) is 0.824. The maximum absolute atomic E-state index is 4.41. The molecule has 2 aromatic rings. The molecule has 0 aromatic carbocycles. The van der Waals surface area contributed by atoms with Gasteiger partial charge in [0.05, 0.1) is 5.69 Å². The van der Waals surface area contributed by atoms with Gasteiger partial charge in [0, 0.05) is 30.7 Å². The lowest BCUT2D eigenvalue weighted by Gasteiger charge is -2.24. The molecule has 18 heavy (non-hydrogen) atoms. The van der Waals surface area contributed by atoms with E-state index >= 15 is 0 Å². The van der Waals surface area contributed by atoms with E-state index in [0.29, 0.717) is 6.04 Å². The van der Waals surface area contributed by atoms with Crippen LogP contribution < -0.4 is 0 Å². The van der Waals surface area contributed by atoms with Crippen molar-refractivity contribution in [2.45, 2.75) is 26.4 Å². The van der Waals surface area contributed by atoms with Crippen molar-refractivity contribution in [3.05, 3.63) is 59.7 Å². The molecule has 2 heterocycles. The molecule has 0 aliphatic rings. The predicted molar refractivity (Wildman–Crippen MR) is 73.1 cm³/mol. The molecule has 0 radical (unpaired) electrons. The minimum Gasteiger partial charge on any atom is -0.294 e. The monoisotopic (exact) mass is 241 g/mol. The summed E-state index contributed by atoms with van der Waals surface area (Å²) in [5.74, 6) is 0. The molecule has 0 unspecified atom stereocenters. The van der Waals surface area contributed by atoms with Crippen LogP contribution >= 0.6 is 0 Å². The smallest absolute Gasteiger partial charge is 0.0572 e. The Bertz CT molecular complexity index is 496. The molecule has 94 valence electrons. The van der Waals surface area contributed by atoms with Crippen LogP contribution in [0.25, 0.3) is 0 Å². The molecule has 2 aromatic heterocycles. The third-order valence-electron chi connectivity index (χ3n) is 3.31. The lowest BCUT2D eigenvalue weighted by atomic mass is 10.1. The summed E-state index contributed by atoms with van der Waals surface area (Å²) in [5.41, 5.74) is 3.46. The molecular formula is C15H19N3. The lowest BCUT2D eigenvalue weighted by Crippen LogP contribution is -2.23. The molecule has 3 nitrogen and oxygen atoms in total. The Morgan fingerprint density at radius 2 is 1.89 bits per heavy atom. The third kappa shape index (κ3) is 2.93. The van der Waals surface area contributed by atoms with Gasteiger partial charge in [0.1, 0.15) is 0 Å². The van der Waals surface area contributed by atoms with Gasteiger partial charge in [0.15, 0.2) is 0 Å². The van der Waals surface area contributed by atoms with Gasteiger partial charge in [-0.25, -0.2) is 0 Å². The van der Waals surface area contributed by atoms with E-state index in [2.05, 4.69) is 47.9 Å². The van der Waals surface area contributed by atoms with E-state index in [0.717, 1.165) is 17.9 Å². The van der Waals surface area contributed by atoms with Crippen molar-refractivity contribution < 1.29 is 0 Å². The molecule has 0 spiro atoms. The highest BCUT2D eigenvalue weighted by atomic mass is 15.1. The number of hydrogen-bond donors (Lipinski definition) is 0. The summed E-state index contributed by atoms with van der Waals surface area (Å²) in [6.07, 6.45) is 3.68. The largest absolute Gasteiger partial charge is 0.294 e. The molecule has 0 aliphatic carbocycles. The van der Waals surface area contributed by atoms with E-state index in [1.807, 2.05) is 30.6 Å². The Hall–Kier alpha value is -1.74. The Morgan fingerprint density at radius 1 is 1.11 bits per heavy atom. The molecule has 0 aliphatic heterocycles. The number of hydrogen-bond acceptors (Lipinski definition) is 3. The average molecular weight is 241 g/mol. The Labute approximate surface area is 109 Å². The molecular weight excluding hydrogens is 222 g/mol. The molecule has 0 amide bonds. The van der Waals surface area contributed by atoms with Gasteiger partial charge in [0.2, 0.25) is 0 Å². The summed E-state index contributed by atoms with van der Waals surface area (Å²) in [5, 5.41) is 0. The van der Waals surface area contributed by atoms with Crippen molar-refractivity contribution in [3.63, 3.8) is 0 Å². The van der Waals surface area contributed by atoms with Crippen LogP contribution in [-0.4, -0.2) is 21.9 Å². The second-order valence-corrected chi connectivity index (χ2v) is 4.59. The molecule has 0 saturated heterocycles. The Balaban J connectivity index is 2.09. The maximum atomic E-state index is 4.41. The summed E-state index contributed by atoms with van der Waals surface area (Å²) in [6.45, 7) is 5.11. The fourth-order valence-electron chi connectivity index (χ4n) is 1.94. The molecule has 0 saturated carbocycles. The third-order valence-corrected chi connectivity index (χ3v) is 3.31. The lowest BCUT2D eigenvalue weighted by molar-refractivity contribution is 0.248. The normalized spacial score (nSPS) is 12.7. The van der Waals surface area contributed by atoms with Gasteiger partial charge in [-0.05, 0) is 44.7 Å². The van der Waals surface area contributed by atoms with Crippen LogP contribution in [0, 0.1) is 6.92 Å². The van der Waals surface area contributed by atoms with Crippen LogP contribution in [0.5, 0.6) is 0 Å². The topological polar surface area (TPSA) is 29.0 Å². The zero-order valence-corrected chi connectivity index (χ0v) is 11.2. The van der Waals surface area contributed by atoms with Crippen molar-refractivity contribution in [3.8, 4) is 0 Å². The van der Waals surface area contributed by atoms with Crippen molar-refractivity contribution >= 4 is 0 Å². The van der Waals surface area contributed by atoms with E-state index in [1.165, 1.54) is 5.56 Å². The van der Waals surface area contributed by atoms with E-state index in [1.54, 1.807) is 0 Å². The standard InChI is InChI=1S/C15H19N3/c1-12-14(7-6-10-16-12)11-18(3)13(2)15-8-4-5-9-17-15/h4-10,13H,11H2,1-3H3/t13-/m0/s1. The van der Waals surface area contributed by atoms with E-state index in [4.69, 9.17) is 0 Å². The first-order valence-corrected chi connectivity index (χ1v) is 6.20. The van der Waals surface area contributed by atoms with Crippen molar-refractivity contribution in [2.24, 2.45) is 0 Å². The summed E-state index contributed by atoms with van der Waals surface area (Å²) < 4.78 is 0. The Kier molecular flexibility index (Phi) is 4.05. The zero-order chi connectivity index (χ0) is 13.0. The minimum atomic E-state index is 0.297. The molecule has 3 heteroatoms. The molecule has 1 atom stereocenters. The van der Waals surface area contributed by atoms with Crippen LogP contribution in [-0.2, 0) is 6.54 Å². The van der Waals surface area contributed by atoms with Gasteiger partial charge in [-0.3, -0.25) is 14.9 Å². The first-order chi connectivity index (χ1) is 8.68. The van der Waals surface area contributed by atoms with Crippen LogP contribution in [0.15, 0.2) is 42.7 Å². The molecule has 0 bridgehead atoms. The van der Waals surface area contributed by atoms with Crippen LogP contribution in [0.1, 0.15) is 29.9 Å². The van der Waals surface area contributed by atoms with E-state index in [9.17, 15) is 0 Å². The Morgan fingerprint density at radius 3 is 2.56 bits per heavy atom. The van der Waals surface area contributed by atoms with Gasteiger partial charge < -0.3 is 0 Å². The average Bonchev–Trinajstić information content (AvgIpc) is 2.41. The minimum absolute atomic E-state index is 0.297. The van der Waals surface area contributed by atoms with Gasteiger partial charge >= 0.3 is 0 Å². The van der Waals surface area contributed by atoms with Crippen LogP contribution in [0.3, 0.4) is 0 Å². The van der Waals surface area contributed by atoms with Crippen molar-refractivity contribution in [1.82, 2.24) is 14.9 Å². The number of aryl methyl sites for hydroxylation is 1. The number of pyridine rings is 2. The maximum Gasteiger partial charge on any atom is 0.0572 e. The zero-order valence-electron chi connectivity index (χ0n) is 11.2. The number of nitrogens with zero attached hydrogens (tertiary/aromatic N) is 3.